The number of aromatic nitrogens is 1. The highest BCUT2D eigenvalue weighted by atomic mass is 32.2. The van der Waals surface area contributed by atoms with Gasteiger partial charge in [-0.05, 0) is 37.1 Å². The van der Waals surface area contributed by atoms with E-state index in [1.165, 1.54) is 21.9 Å². The number of thiazole rings is 1. The lowest BCUT2D eigenvalue weighted by Crippen LogP contribution is -2.27. The molecule has 1 saturated heterocycles. The molecule has 0 radical (unpaired) electrons. The van der Waals surface area contributed by atoms with E-state index in [9.17, 15) is 13.2 Å². The van der Waals surface area contributed by atoms with Gasteiger partial charge in [-0.25, -0.2) is 13.4 Å². The Kier molecular flexibility index (Phi) is 4.94. The van der Waals surface area contributed by atoms with Crippen molar-refractivity contribution in [3.8, 4) is 11.3 Å². The molecule has 0 unspecified atom stereocenters. The number of benzene rings is 1. The zero-order valence-electron chi connectivity index (χ0n) is 14.5. The van der Waals surface area contributed by atoms with Crippen LogP contribution in [0.1, 0.15) is 28.4 Å². The number of carbonyl (C=O) groups excluding carboxylic acids is 1. The standard InChI is InChI=1S/C19H18N2O4S2/c22-17(18-4-3-11-25-18)12-19-20-16(13-26-19)14-5-7-15(8-6-14)27(23,24)21-9-1-2-10-21/h3-8,11,13H,1-2,9-10,12H2. The predicted octanol–water partition coefficient (Wildman–Crippen LogP) is 3.61. The van der Waals surface area contributed by atoms with Gasteiger partial charge in [0, 0.05) is 24.0 Å². The molecule has 27 heavy (non-hydrogen) atoms. The monoisotopic (exact) mass is 402 g/mol. The molecule has 0 aliphatic carbocycles. The van der Waals surface area contributed by atoms with Gasteiger partial charge in [-0.3, -0.25) is 4.79 Å². The number of hydrogen-bond acceptors (Lipinski definition) is 6. The molecular formula is C19H18N2O4S2. The summed E-state index contributed by atoms with van der Waals surface area (Å²) in [5.74, 6) is 0.205. The fourth-order valence-electron chi connectivity index (χ4n) is 3.06. The van der Waals surface area contributed by atoms with Gasteiger partial charge in [0.15, 0.2) is 5.76 Å². The Morgan fingerprint density at radius 3 is 2.56 bits per heavy atom. The molecule has 0 spiro atoms. The SMILES string of the molecule is O=C(Cc1nc(-c2ccc(S(=O)(=O)N3CCCC3)cc2)cs1)c1ccco1. The molecule has 4 rings (SSSR count). The van der Waals surface area contributed by atoms with Crippen molar-refractivity contribution in [2.45, 2.75) is 24.2 Å². The summed E-state index contributed by atoms with van der Waals surface area (Å²) in [5, 5.41) is 2.56. The molecule has 8 heteroatoms. The van der Waals surface area contributed by atoms with Crippen LogP contribution in [-0.4, -0.2) is 36.6 Å². The van der Waals surface area contributed by atoms with Gasteiger partial charge in [0.1, 0.15) is 5.01 Å². The van der Waals surface area contributed by atoms with E-state index >= 15 is 0 Å². The topological polar surface area (TPSA) is 80.5 Å². The van der Waals surface area contributed by atoms with Crippen molar-refractivity contribution in [1.29, 1.82) is 0 Å². The summed E-state index contributed by atoms with van der Waals surface area (Å²) in [7, 11) is -3.41. The molecule has 0 atom stereocenters. The number of hydrogen-bond donors (Lipinski definition) is 0. The molecule has 0 saturated carbocycles. The largest absolute Gasteiger partial charge is 0.461 e. The van der Waals surface area contributed by atoms with Gasteiger partial charge in [0.25, 0.3) is 0 Å². The number of ketones is 1. The quantitative estimate of drug-likeness (QED) is 0.589. The summed E-state index contributed by atoms with van der Waals surface area (Å²) >= 11 is 1.40. The average Bonchev–Trinajstić information content (AvgIpc) is 3.43. The summed E-state index contributed by atoms with van der Waals surface area (Å²) in [6, 6.07) is 10.1. The lowest BCUT2D eigenvalue weighted by molar-refractivity contribution is 0.0966. The third-order valence-corrected chi connectivity index (χ3v) is 7.27. The van der Waals surface area contributed by atoms with Gasteiger partial charge in [0.2, 0.25) is 15.8 Å². The van der Waals surface area contributed by atoms with Crippen LogP contribution in [0.15, 0.2) is 57.4 Å². The smallest absolute Gasteiger partial charge is 0.243 e. The van der Waals surface area contributed by atoms with Crippen LogP contribution in [0.4, 0.5) is 0 Å². The maximum atomic E-state index is 12.6. The number of furan rings is 1. The van der Waals surface area contributed by atoms with Crippen molar-refractivity contribution in [3.63, 3.8) is 0 Å². The molecule has 1 aromatic carbocycles. The highest BCUT2D eigenvalue weighted by Crippen LogP contribution is 2.26. The van der Waals surface area contributed by atoms with Crippen LogP contribution in [0.25, 0.3) is 11.3 Å². The normalized spacial score (nSPS) is 15.3. The van der Waals surface area contributed by atoms with E-state index in [1.54, 1.807) is 36.4 Å². The van der Waals surface area contributed by atoms with E-state index in [-0.39, 0.29) is 12.2 Å². The van der Waals surface area contributed by atoms with Gasteiger partial charge >= 0.3 is 0 Å². The Labute approximate surface area is 161 Å². The summed E-state index contributed by atoms with van der Waals surface area (Å²) in [6.45, 7) is 1.17. The minimum absolute atomic E-state index is 0.118. The average molecular weight is 402 g/mol. The number of sulfonamides is 1. The number of nitrogens with zero attached hydrogens (tertiary/aromatic N) is 2. The second kappa shape index (κ2) is 7.38. The minimum Gasteiger partial charge on any atom is -0.461 e. The van der Waals surface area contributed by atoms with Gasteiger partial charge in [-0.2, -0.15) is 4.31 Å². The molecule has 3 aromatic rings. The second-order valence-corrected chi connectivity index (χ2v) is 9.22. The lowest BCUT2D eigenvalue weighted by atomic mass is 10.2. The molecule has 0 amide bonds. The van der Waals surface area contributed by atoms with E-state index in [0.717, 1.165) is 24.1 Å². The van der Waals surface area contributed by atoms with Crippen molar-refractivity contribution >= 4 is 27.1 Å². The number of carbonyl (C=O) groups is 1. The predicted molar refractivity (Wildman–Crippen MR) is 102 cm³/mol. The van der Waals surface area contributed by atoms with E-state index in [4.69, 9.17) is 4.42 Å². The maximum Gasteiger partial charge on any atom is 0.243 e. The van der Waals surface area contributed by atoms with E-state index in [2.05, 4.69) is 4.98 Å². The number of rotatable bonds is 6. The summed E-state index contributed by atoms with van der Waals surface area (Å²) in [6.07, 6.45) is 3.48. The first-order valence-corrected chi connectivity index (χ1v) is 11.0. The molecule has 0 bridgehead atoms. The molecule has 140 valence electrons. The van der Waals surface area contributed by atoms with Crippen LogP contribution in [0, 0.1) is 0 Å². The number of Topliss-reactive ketones (excluding diaryl/α,β-unsaturated/α-hetero) is 1. The molecule has 6 nitrogen and oxygen atoms in total. The third-order valence-electron chi connectivity index (χ3n) is 4.51. The van der Waals surface area contributed by atoms with Gasteiger partial charge < -0.3 is 4.42 Å². The molecule has 1 fully saturated rings. The van der Waals surface area contributed by atoms with Crippen LogP contribution < -0.4 is 0 Å². The van der Waals surface area contributed by atoms with Crippen LogP contribution in [-0.2, 0) is 16.4 Å². The van der Waals surface area contributed by atoms with E-state index < -0.39 is 10.0 Å². The molecule has 1 aliphatic rings. The zero-order valence-corrected chi connectivity index (χ0v) is 16.1. The maximum absolute atomic E-state index is 12.6. The third kappa shape index (κ3) is 3.73. The molecule has 0 N–H and O–H groups in total. The summed E-state index contributed by atoms with van der Waals surface area (Å²) < 4.78 is 31.8. The van der Waals surface area contributed by atoms with Crippen LogP contribution >= 0.6 is 11.3 Å². The first-order chi connectivity index (χ1) is 13.0. The first-order valence-electron chi connectivity index (χ1n) is 8.66. The van der Waals surface area contributed by atoms with Crippen molar-refractivity contribution in [2.24, 2.45) is 0 Å². The Morgan fingerprint density at radius 1 is 1.15 bits per heavy atom. The van der Waals surface area contributed by atoms with E-state index in [1.807, 2.05) is 5.38 Å². The summed E-state index contributed by atoms with van der Waals surface area (Å²) in [4.78, 5) is 16.9. The van der Waals surface area contributed by atoms with Crippen LogP contribution in [0.3, 0.4) is 0 Å². The fourth-order valence-corrected chi connectivity index (χ4v) is 5.38. The van der Waals surface area contributed by atoms with Crippen LogP contribution in [0.2, 0.25) is 0 Å². The Balaban J connectivity index is 1.49. The Hall–Kier alpha value is -2.29. The molecular weight excluding hydrogens is 384 g/mol. The van der Waals surface area contributed by atoms with Gasteiger partial charge in [0.05, 0.1) is 23.3 Å². The van der Waals surface area contributed by atoms with Crippen molar-refractivity contribution in [3.05, 3.63) is 58.8 Å². The minimum atomic E-state index is -3.41. The Bertz CT molecular complexity index is 1030. The van der Waals surface area contributed by atoms with Crippen molar-refractivity contribution in [2.75, 3.05) is 13.1 Å². The van der Waals surface area contributed by atoms with Crippen LogP contribution in [0.5, 0.6) is 0 Å². The van der Waals surface area contributed by atoms with Crippen molar-refractivity contribution in [1.82, 2.24) is 9.29 Å². The molecule has 1 aliphatic heterocycles. The Morgan fingerprint density at radius 2 is 1.89 bits per heavy atom. The summed E-state index contributed by atoms with van der Waals surface area (Å²) in [5.41, 5.74) is 1.55. The highest BCUT2D eigenvalue weighted by Gasteiger charge is 2.27. The second-order valence-electron chi connectivity index (χ2n) is 6.34. The van der Waals surface area contributed by atoms with Gasteiger partial charge in [-0.1, -0.05) is 12.1 Å². The molecule has 3 heterocycles. The lowest BCUT2D eigenvalue weighted by Gasteiger charge is -2.15. The first kappa shape index (κ1) is 18.1. The van der Waals surface area contributed by atoms with E-state index in [0.29, 0.717) is 28.8 Å². The highest BCUT2D eigenvalue weighted by molar-refractivity contribution is 7.89. The van der Waals surface area contributed by atoms with Gasteiger partial charge in [-0.15, -0.1) is 11.3 Å². The fraction of sp³-hybridized carbons (Fsp3) is 0.263. The molecule has 2 aromatic heterocycles. The zero-order chi connectivity index (χ0) is 18.9. The van der Waals surface area contributed by atoms with Crippen molar-refractivity contribution < 1.29 is 17.6 Å².